The van der Waals surface area contributed by atoms with Gasteiger partial charge in [0.15, 0.2) is 0 Å². The molecule has 2 rings (SSSR count). The van der Waals surface area contributed by atoms with Crippen LogP contribution in [0.3, 0.4) is 0 Å². The van der Waals surface area contributed by atoms with Crippen LogP contribution in [-0.2, 0) is 4.79 Å². The van der Waals surface area contributed by atoms with E-state index in [1.165, 1.54) is 11.9 Å². The third-order valence-corrected chi connectivity index (χ3v) is 5.17. The van der Waals surface area contributed by atoms with Crippen molar-refractivity contribution in [2.24, 2.45) is 10.8 Å². The molecule has 2 aliphatic rings. The molecule has 0 aromatic rings. The highest BCUT2D eigenvalue weighted by atomic mass is 19.1. The molecule has 4 nitrogen and oxygen atoms in total. The van der Waals surface area contributed by atoms with Gasteiger partial charge in [-0.2, -0.15) is 0 Å². The number of hydrogen-bond acceptors (Lipinski definition) is 2. The number of nitrogens with zero attached hydrogens (tertiary/aromatic N) is 2. The maximum Gasteiger partial charge on any atom is 0.326 e. The van der Waals surface area contributed by atoms with Crippen LogP contribution in [0, 0.1) is 10.8 Å². The Morgan fingerprint density at radius 3 is 2.06 bits per heavy atom. The topological polar surface area (TPSA) is 40.6 Å². The second-order valence-corrected chi connectivity index (χ2v) is 6.22. The van der Waals surface area contributed by atoms with Crippen molar-refractivity contribution >= 4 is 11.9 Å². The van der Waals surface area contributed by atoms with Gasteiger partial charge >= 0.3 is 6.03 Å². The van der Waals surface area contributed by atoms with Crippen molar-refractivity contribution < 1.29 is 14.0 Å². The lowest BCUT2D eigenvalue weighted by molar-refractivity contribution is -0.253. The van der Waals surface area contributed by atoms with Crippen LogP contribution < -0.4 is 0 Å². The normalized spacial score (nSPS) is 38.9. The molecule has 1 saturated heterocycles. The van der Waals surface area contributed by atoms with Crippen LogP contribution in [0.5, 0.6) is 0 Å². The summed E-state index contributed by atoms with van der Waals surface area (Å²) in [5, 5.41) is 0. The summed E-state index contributed by atoms with van der Waals surface area (Å²) in [7, 11) is 2.89. The minimum absolute atomic E-state index is 0.428. The first-order valence-electron chi connectivity index (χ1n) is 5.75. The van der Waals surface area contributed by atoms with E-state index in [9.17, 15) is 9.59 Å². The molecule has 0 bridgehead atoms. The van der Waals surface area contributed by atoms with Crippen LogP contribution in [0.2, 0.25) is 0 Å². The highest BCUT2D eigenvalue weighted by Gasteiger charge is 2.80. The summed E-state index contributed by atoms with van der Waals surface area (Å²) < 4.78 is 15.1. The third-order valence-electron chi connectivity index (χ3n) is 5.17. The zero-order chi connectivity index (χ0) is 13.4. The van der Waals surface area contributed by atoms with Crippen LogP contribution in [-0.4, -0.2) is 47.5 Å². The summed E-state index contributed by atoms with van der Waals surface area (Å²) in [6.45, 7) is 7.30. The summed E-state index contributed by atoms with van der Waals surface area (Å²) in [6, 6.07) is -1.11. The fourth-order valence-corrected chi connectivity index (χ4v) is 3.39. The molecule has 0 aromatic carbocycles. The predicted molar refractivity (Wildman–Crippen MR) is 61.1 cm³/mol. The molecular formula is C12H19FN2O2. The summed E-state index contributed by atoms with van der Waals surface area (Å²) in [4.78, 5) is 26.1. The van der Waals surface area contributed by atoms with Gasteiger partial charge in [0.05, 0.1) is 6.04 Å². The lowest BCUT2D eigenvalue weighted by Gasteiger charge is -2.70. The van der Waals surface area contributed by atoms with Gasteiger partial charge < -0.3 is 4.90 Å². The van der Waals surface area contributed by atoms with Gasteiger partial charge in [0.1, 0.15) is 0 Å². The Labute approximate surface area is 101 Å². The van der Waals surface area contributed by atoms with Crippen LogP contribution in [0.4, 0.5) is 9.18 Å². The van der Waals surface area contributed by atoms with Crippen LogP contribution >= 0.6 is 0 Å². The molecule has 0 radical (unpaired) electrons. The first kappa shape index (κ1) is 12.3. The molecule has 2 unspecified atom stereocenters. The van der Waals surface area contributed by atoms with Gasteiger partial charge in [0.2, 0.25) is 5.67 Å². The smallest absolute Gasteiger partial charge is 0.320 e. The van der Waals surface area contributed by atoms with Gasteiger partial charge in [-0.05, 0) is 5.41 Å². The molecule has 96 valence electrons. The molecule has 0 N–H and O–H groups in total. The number of alkyl halides is 1. The molecule has 0 aromatic heterocycles. The van der Waals surface area contributed by atoms with E-state index < -0.39 is 34.5 Å². The third kappa shape index (κ3) is 0.952. The summed E-state index contributed by atoms with van der Waals surface area (Å²) >= 11 is 0. The molecule has 1 aliphatic carbocycles. The standard InChI is InChI=1S/C12H19FN2O2/c1-10(2)7-12(13,11(10,3)4)8(16)15(6)9(17)14(7)5/h7H,1-6H3. The van der Waals surface area contributed by atoms with Crippen molar-refractivity contribution in [3.8, 4) is 0 Å². The number of carbonyl (C=O) groups is 2. The van der Waals surface area contributed by atoms with Crippen LogP contribution in [0.25, 0.3) is 0 Å². The molecule has 2 atom stereocenters. The van der Waals surface area contributed by atoms with Gasteiger partial charge in [-0.25, -0.2) is 9.18 Å². The minimum atomic E-state index is -1.98. The number of rotatable bonds is 0. The SMILES string of the molecule is CN1C(=O)N(C)C2C(C)(C)C(C)(C)C2(F)C1=O. The molecular weight excluding hydrogens is 223 g/mol. The Morgan fingerprint density at radius 1 is 1.12 bits per heavy atom. The fourth-order valence-electron chi connectivity index (χ4n) is 3.39. The Kier molecular flexibility index (Phi) is 2.04. The van der Waals surface area contributed by atoms with Gasteiger partial charge in [0.25, 0.3) is 5.91 Å². The molecule has 3 amide bonds. The van der Waals surface area contributed by atoms with Crippen molar-refractivity contribution in [3.05, 3.63) is 0 Å². The quantitative estimate of drug-likeness (QED) is 0.648. The van der Waals surface area contributed by atoms with E-state index in [4.69, 9.17) is 0 Å². The lowest BCUT2D eigenvalue weighted by Crippen LogP contribution is -2.86. The molecule has 5 heteroatoms. The van der Waals surface area contributed by atoms with Gasteiger partial charge in [-0.3, -0.25) is 9.69 Å². The molecule has 17 heavy (non-hydrogen) atoms. The summed E-state index contributed by atoms with van der Waals surface area (Å²) in [5.74, 6) is -0.713. The van der Waals surface area contributed by atoms with E-state index in [1.54, 1.807) is 20.9 Å². The number of hydrogen-bond donors (Lipinski definition) is 0. The average molecular weight is 242 g/mol. The number of halogens is 1. The first-order valence-corrected chi connectivity index (χ1v) is 5.75. The zero-order valence-corrected chi connectivity index (χ0v) is 11.2. The van der Waals surface area contributed by atoms with E-state index in [2.05, 4.69) is 0 Å². The van der Waals surface area contributed by atoms with Crippen molar-refractivity contribution in [3.63, 3.8) is 0 Å². The van der Waals surface area contributed by atoms with Crippen molar-refractivity contribution in [2.45, 2.75) is 39.4 Å². The van der Waals surface area contributed by atoms with E-state index in [0.29, 0.717) is 0 Å². The molecule has 2 fully saturated rings. The maximum absolute atomic E-state index is 15.1. The monoisotopic (exact) mass is 242 g/mol. The highest BCUT2D eigenvalue weighted by Crippen LogP contribution is 2.67. The number of carbonyl (C=O) groups excluding carboxylic acids is 2. The second-order valence-electron chi connectivity index (χ2n) is 6.22. The molecule has 1 heterocycles. The molecule has 1 saturated carbocycles. The van der Waals surface area contributed by atoms with Crippen molar-refractivity contribution in [2.75, 3.05) is 14.1 Å². The predicted octanol–water partition coefficient (Wildman–Crippen LogP) is 1.65. The van der Waals surface area contributed by atoms with E-state index >= 15 is 4.39 Å². The number of imide groups is 1. The number of urea groups is 1. The Balaban J connectivity index is 2.57. The van der Waals surface area contributed by atoms with Crippen molar-refractivity contribution in [1.29, 1.82) is 0 Å². The summed E-state index contributed by atoms with van der Waals surface area (Å²) in [5.41, 5.74) is -3.19. The second kappa shape index (κ2) is 2.82. The number of amides is 3. The van der Waals surface area contributed by atoms with Crippen LogP contribution in [0.15, 0.2) is 0 Å². The van der Waals surface area contributed by atoms with E-state index in [0.717, 1.165) is 4.90 Å². The maximum atomic E-state index is 15.1. The molecule has 1 aliphatic heterocycles. The minimum Gasteiger partial charge on any atom is -0.320 e. The summed E-state index contributed by atoms with van der Waals surface area (Å²) in [6.07, 6.45) is 0. The Bertz CT molecular complexity index is 419. The highest BCUT2D eigenvalue weighted by molar-refractivity contribution is 6.04. The Hall–Kier alpha value is -1.13. The van der Waals surface area contributed by atoms with Gasteiger partial charge in [-0.15, -0.1) is 0 Å². The van der Waals surface area contributed by atoms with Gasteiger partial charge in [-0.1, -0.05) is 27.7 Å². The zero-order valence-electron chi connectivity index (χ0n) is 11.2. The van der Waals surface area contributed by atoms with Crippen molar-refractivity contribution in [1.82, 2.24) is 9.80 Å². The molecule has 0 spiro atoms. The van der Waals surface area contributed by atoms with Crippen LogP contribution in [0.1, 0.15) is 27.7 Å². The van der Waals surface area contributed by atoms with E-state index in [1.807, 2.05) is 13.8 Å². The fraction of sp³-hybridized carbons (Fsp3) is 0.833. The lowest BCUT2D eigenvalue weighted by atomic mass is 9.40. The number of fused-ring (bicyclic) bond motifs is 1. The first-order chi connectivity index (χ1) is 7.51. The van der Waals surface area contributed by atoms with Gasteiger partial charge in [0, 0.05) is 19.5 Å². The average Bonchev–Trinajstić information content (AvgIpc) is 2.23. The largest absolute Gasteiger partial charge is 0.326 e. The van der Waals surface area contributed by atoms with E-state index in [-0.39, 0.29) is 0 Å². The Morgan fingerprint density at radius 2 is 1.59 bits per heavy atom.